The first-order valence-corrected chi connectivity index (χ1v) is 10.1. The lowest BCUT2D eigenvalue weighted by Gasteiger charge is -2.34. The third-order valence-electron chi connectivity index (χ3n) is 4.96. The molecule has 2 saturated heterocycles. The fourth-order valence-corrected chi connectivity index (χ4v) is 3.80. The number of nitrogens with zero attached hydrogens (tertiary/aromatic N) is 6. The summed E-state index contributed by atoms with van der Waals surface area (Å²) in [6.45, 7) is 8.69. The molecule has 0 aromatic carbocycles. The summed E-state index contributed by atoms with van der Waals surface area (Å²) in [6, 6.07) is 4.32. The highest BCUT2D eigenvalue weighted by atomic mass is 32.2. The Morgan fingerprint density at radius 1 is 1.08 bits per heavy atom. The van der Waals surface area contributed by atoms with Crippen LogP contribution in [0.5, 0.6) is 0 Å². The monoisotopic (exact) mass is 362 g/mol. The Hall–Kier alpha value is -1.35. The van der Waals surface area contributed by atoms with E-state index in [-0.39, 0.29) is 0 Å². The Kier molecular flexibility index (Phi) is 5.12. The second-order valence-corrected chi connectivity index (χ2v) is 7.57. The van der Waals surface area contributed by atoms with Crippen LogP contribution in [0.15, 0.2) is 17.2 Å². The van der Waals surface area contributed by atoms with Crippen molar-refractivity contribution in [2.75, 3.05) is 70.7 Å². The minimum atomic E-state index is 0.816. The Morgan fingerprint density at radius 2 is 1.84 bits per heavy atom. The molecule has 0 amide bonds. The number of rotatable bonds is 4. The van der Waals surface area contributed by atoms with Crippen LogP contribution >= 0.6 is 11.8 Å². The van der Waals surface area contributed by atoms with Crippen molar-refractivity contribution in [1.82, 2.24) is 24.4 Å². The molecular formula is C17H26N6OS. The molecule has 2 aliphatic heterocycles. The van der Waals surface area contributed by atoms with Gasteiger partial charge >= 0.3 is 0 Å². The predicted molar refractivity (Wildman–Crippen MR) is 101 cm³/mol. The van der Waals surface area contributed by atoms with Gasteiger partial charge in [-0.1, -0.05) is 0 Å². The SMILES string of the molecule is CSc1cc2nc(CN3CCOCC3)cc(N3CCN(C)CC3)n2n1. The second-order valence-electron chi connectivity index (χ2n) is 6.74. The summed E-state index contributed by atoms with van der Waals surface area (Å²) in [5.74, 6) is 1.17. The molecule has 0 bridgehead atoms. The Morgan fingerprint density at radius 3 is 2.56 bits per heavy atom. The number of thioether (sulfide) groups is 1. The number of hydrogen-bond acceptors (Lipinski definition) is 7. The van der Waals surface area contributed by atoms with E-state index in [0.717, 1.165) is 75.4 Å². The van der Waals surface area contributed by atoms with Gasteiger partial charge in [0.1, 0.15) is 10.8 Å². The predicted octanol–water partition coefficient (Wildman–Crippen LogP) is 1.04. The lowest BCUT2D eigenvalue weighted by atomic mass is 10.3. The average molecular weight is 363 g/mol. The maximum Gasteiger partial charge on any atom is 0.158 e. The Bertz CT molecular complexity index is 721. The molecular weight excluding hydrogens is 336 g/mol. The summed E-state index contributed by atoms with van der Waals surface area (Å²) in [4.78, 5) is 12.1. The normalized spacial score (nSPS) is 20.5. The van der Waals surface area contributed by atoms with Crippen LogP contribution in [0.2, 0.25) is 0 Å². The minimum Gasteiger partial charge on any atom is -0.379 e. The van der Waals surface area contributed by atoms with Gasteiger partial charge in [0.25, 0.3) is 0 Å². The Balaban J connectivity index is 1.66. The van der Waals surface area contributed by atoms with Crippen molar-refractivity contribution in [1.29, 1.82) is 0 Å². The molecule has 4 heterocycles. The molecule has 0 atom stereocenters. The number of likely N-dealkylation sites (N-methyl/N-ethyl adjacent to an activating group) is 1. The standard InChI is InChI=1S/C17H26N6OS/c1-20-3-5-22(6-4-20)17-11-14(13-21-7-9-24-10-8-21)18-15-12-16(25-2)19-23(15)17/h11-12H,3-10,13H2,1-2H3. The zero-order chi connectivity index (χ0) is 17.2. The van der Waals surface area contributed by atoms with Gasteiger partial charge in [-0.2, -0.15) is 9.61 Å². The van der Waals surface area contributed by atoms with E-state index in [1.54, 1.807) is 11.8 Å². The third-order valence-corrected chi connectivity index (χ3v) is 5.58. The van der Waals surface area contributed by atoms with Crippen molar-refractivity contribution in [2.45, 2.75) is 11.6 Å². The minimum absolute atomic E-state index is 0.816. The molecule has 25 heavy (non-hydrogen) atoms. The molecule has 0 saturated carbocycles. The highest BCUT2D eigenvalue weighted by Crippen LogP contribution is 2.23. The van der Waals surface area contributed by atoms with E-state index in [2.05, 4.69) is 40.1 Å². The molecule has 8 heteroatoms. The highest BCUT2D eigenvalue weighted by Gasteiger charge is 2.20. The molecule has 2 aliphatic rings. The summed E-state index contributed by atoms with van der Waals surface area (Å²) in [6.07, 6.45) is 2.06. The maximum atomic E-state index is 5.46. The summed E-state index contributed by atoms with van der Waals surface area (Å²) < 4.78 is 7.48. The van der Waals surface area contributed by atoms with Crippen LogP contribution in [0.25, 0.3) is 5.65 Å². The zero-order valence-electron chi connectivity index (χ0n) is 15.0. The first-order chi connectivity index (χ1) is 12.2. The van der Waals surface area contributed by atoms with Gasteiger partial charge in [-0.15, -0.1) is 11.8 Å². The van der Waals surface area contributed by atoms with E-state index in [1.807, 2.05) is 4.52 Å². The Labute approximate surface area is 152 Å². The van der Waals surface area contributed by atoms with E-state index < -0.39 is 0 Å². The zero-order valence-corrected chi connectivity index (χ0v) is 15.8. The van der Waals surface area contributed by atoms with Gasteiger partial charge in [0.05, 0.1) is 18.9 Å². The number of fused-ring (bicyclic) bond motifs is 1. The smallest absolute Gasteiger partial charge is 0.158 e. The molecule has 0 spiro atoms. The van der Waals surface area contributed by atoms with Crippen LogP contribution < -0.4 is 4.90 Å². The number of anilines is 1. The summed E-state index contributed by atoms with van der Waals surface area (Å²) >= 11 is 1.67. The van der Waals surface area contributed by atoms with Gasteiger partial charge in [0.2, 0.25) is 0 Å². The first-order valence-electron chi connectivity index (χ1n) is 8.90. The molecule has 4 rings (SSSR count). The van der Waals surface area contributed by atoms with Gasteiger partial charge in [0.15, 0.2) is 5.65 Å². The molecule has 0 aliphatic carbocycles. The lowest BCUT2D eigenvalue weighted by molar-refractivity contribution is 0.0337. The topological polar surface area (TPSA) is 49.1 Å². The molecule has 2 aromatic rings. The van der Waals surface area contributed by atoms with Crippen LogP contribution in [-0.4, -0.2) is 90.2 Å². The van der Waals surface area contributed by atoms with Gasteiger partial charge in [-0.3, -0.25) is 4.90 Å². The van der Waals surface area contributed by atoms with E-state index in [1.165, 1.54) is 5.82 Å². The maximum absolute atomic E-state index is 5.46. The quantitative estimate of drug-likeness (QED) is 0.753. The van der Waals surface area contributed by atoms with Crippen LogP contribution in [0.4, 0.5) is 5.82 Å². The van der Waals surface area contributed by atoms with Crippen molar-refractivity contribution in [3.63, 3.8) is 0 Å². The molecule has 2 fully saturated rings. The summed E-state index contributed by atoms with van der Waals surface area (Å²) in [5.41, 5.74) is 2.07. The van der Waals surface area contributed by atoms with Crippen molar-refractivity contribution in [3.05, 3.63) is 17.8 Å². The van der Waals surface area contributed by atoms with Crippen molar-refractivity contribution >= 4 is 23.2 Å². The molecule has 136 valence electrons. The molecule has 0 radical (unpaired) electrons. The molecule has 2 aromatic heterocycles. The lowest BCUT2D eigenvalue weighted by Crippen LogP contribution is -2.45. The van der Waals surface area contributed by atoms with Crippen LogP contribution in [-0.2, 0) is 11.3 Å². The number of piperazine rings is 1. The van der Waals surface area contributed by atoms with Crippen LogP contribution in [0, 0.1) is 0 Å². The van der Waals surface area contributed by atoms with Crippen molar-refractivity contribution < 1.29 is 4.74 Å². The number of ether oxygens (including phenoxy) is 1. The largest absolute Gasteiger partial charge is 0.379 e. The number of hydrogen-bond donors (Lipinski definition) is 0. The van der Waals surface area contributed by atoms with E-state index >= 15 is 0 Å². The van der Waals surface area contributed by atoms with E-state index in [0.29, 0.717) is 0 Å². The van der Waals surface area contributed by atoms with Crippen molar-refractivity contribution in [2.24, 2.45) is 0 Å². The summed E-state index contributed by atoms with van der Waals surface area (Å²) in [7, 11) is 2.18. The fraction of sp³-hybridized carbons (Fsp3) is 0.647. The summed E-state index contributed by atoms with van der Waals surface area (Å²) in [5, 5.41) is 5.76. The van der Waals surface area contributed by atoms with Crippen LogP contribution in [0.3, 0.4) is 0 Å². The molecule has 7 nitrogen and oxygen atoms in total. The van der Waals surface area contributed by atoms with Crippen LogP contribution in [0.1, 0.15) is 5.69 Å². The molecule has 0 N–H and O–H groups in total. The average Bonchev–Trinajstić information content (AvgIpc) is 3.06. The van der Waals surface area contributed by atoms with E-state index in [4.69, 9.17) is 14.8 Å². The van der Waals surface area contributed by atoms with Crippen molar-refractivity contribution in [3.8, 4) is 0 Å². The van der Waals surface area contributed by atoms with E-state index in [9.17, 15) is 0 Å². The van der Waals surface area contributed by atoms with Gasteiger partial charge in [-0.05, 0) is 13.3 Å². The number of morpholine rings is 1. The third kappa shape index (κ3) is 3.76. The first kappa shape index (κ1) is 17.1. The molecule has 0 unspecified atom stereocenters. The van der Waals surface area contributed by atoms with Gasteiger partial charge in [0, 0.05) is 57.9 Å². The number of aromatic nitrogens is 3. The van der Waals surface area contributed by atoms with Gasteiger partial charge in [-0.25, -0.2) is 4.98 Å². The highest BCUT2D eigenvalue weighted by molar-refractivity contribution is 7.98. The second kappa shape index (κ2) is 7.49. The van der Waals surface area contributed by atoms with Gasteiger partial charge < -0.3 is 14.5 Å². The fourth-order valence-electron chi connectivity index (χ4n) is 3.42.